The quantitative estimate of drug-likeness (QED) is 0.657. The van der Waals surface area contributed by atoms with Crippen molar-refractivity contribution in [3.8, 4) is 0 Å². The van der Waals surface area contributed by atoms with Crippen molar-refractivity contribution in [2.45, 2.75) is 39.3 Å². The number of aromatic nitrogens is 2. The lowest BCUT2D eigenvalue weighted by atomic mass is 10.1. The number of carbonyl (C=O) groups is 1. The molecule has 0 radical (unpaired) electrons. The van der Waals surface area contributed by atoms with Crippen LogP contribution >= 0.6 is 0 Å². The van der Waals surface area contributed by atoms with Gasteiger partial charge in [-0.3, -0.25) is 9.48 Å². The van der Waals surface area contributed by atoms with Crippen molar-refractivity contribution in [1.82, 2.24) is 9.78 Å². The Morgan fingerprint density at radius 2 is 2.20 bits per heavy atom. The summed E-state index contributed by atoms with van der Waals surface area (Å²) in [6.07, 6.45) is 1.63. The molecule has 1 aliphatic heterocycles. The van der Waals surface area contributed by atoms with Crippen LogP contribution in [0.25, 0.3) is 0 Å². The van der Waals surface area contributed by atoms with Crippen molar-refractivity contribution >= 4 is 6.29 Å². The van der Waals surface area contributed by atoms with Gasteiger partial charge in [-0.25, -0.2) is 0 Å². The van der Waals surface area contributed by atoms with Crippen LogP contribution in [0.1, 0.15) is 42.5 Å². The van der Waals surface area contributed by atoms with Crippen LogP contribution in [-0.4, -0.2) is 22.7 Å². The molecule has 2 rings (SSSR count). The summed E-state index contributed by atoms with van der Waals surface area (Å²) < 4.78 is 7.32. The molecular weight excluding hydrogens is 192 g/mol. The molecule has 0 spiro atoms. The van der Waals surface area contributed by atoms with Crippen LogP contribution in [0.15, 0.2) is 0 Å². The fourth-order valence-electron chi connectivity index (χ4n) is 1.92. The fraction of sp³-hybridized carbons (Fsp3) is 0.636. The topological polar surface area (TPSA) is 44.1 Å². The molecule has 2 heterocycles. The number of carbonyl (C=O) groups excluding carboxylic acids is 1. The maximum atomic E-state index is 10.9. The summed E-state index contributed by atoms with van der Waals surface area (Å²) >= 11 is 0. The predicted octanol–water partition coefficient (Wildman–Crippen LogP) is 1.52. The SMILES string of the molecule is CC(C)(C)n1nc(C=O)c2c1COCC2. The maximum absolute atomic E-state index is 10.9. The Bertz CT molecular complexity index is 388. The van der Waals surface area contributed by atoms with E-state index < -0.39 is 0 Å². The zero-order valence-corrected chi connectivity index (χ0v) is 9.41. The van der Waals surface area contributed by atoms with E-state index in [1.807, 2.05) is 4.68 Å². The van der Waals surface area contributed by atoms with Crippen molar-refractivity contribution in [3.05, 3.63) is 17.0 Å². The Kier molecular flexibility index (Phi) is 2.38. The summed E-state index contributed by atoms with van der Waals surface area (Å²) in [7, 11) is 0. The molecule has 4 heteroatoms. The summed E-state index contributed by atoms with van der Waals surface area (Å²) in [4.78, 5) is 10.9. The zero-order valence-electron chi connectivity index (χ0n) is 9.41. The van der Waals surface area contributed by atoms with Gasteiger partial charge in [0.25, 0.3) is 0 Å². The fourth-order valence-corrected chi connectivity index (χ4v) is 1.92. The van der Waals surface area contributed by atoms with Gasteiger partial charge in [-0.1, -0.05) is 0 Å². The molecule has 0 saturated carbocycles. The van der Waals surface area contributed by atoms with E-state index in [0.717, 1.165) is 24.0 Å². The summed E-state index contributed by atoms with van der Waals surface area (Å²) in [5, 5.41) is 4.35. The number of hydrogen-bond donors (Lipinski definition) is 0. The number of aldehydes is 1. The van der Waals surface area contributed by atoms with Crippen LogP contribution in [0.3, 0.4) is 0 Å². The zero-order chi connectivity index (χ0) is 11.1. The molecule has 0 amide bonds. The minimum atomic E-state index is -0.105. The van der Waals surface area contributed by atoms with Crippen LogP contribution < -0.4 is 0 Å². The van der Waals surface area contributed by atoms with Crippen molar-refractivity contribution in [3.63, 3.8) is 0 Å². The van der Waals surface area contributed by atoms with E-state index in [1.165, 1.54) is 0 Å². The van der Waals surface area contributed by atoms with Crippen molar-refractivity contribution in [2.24, 2.45) is 0 Å². The molecule has 0 aromatic carbocycles. The van der Waals surface area contributed by atoms with Crippen LogP contribution in [0.2, 0.25) is 0 Å². The molecule has 0 unspecified atom stereocenters. The lowest BCUT2D eigenvalue weighted by Gasteiger charge is -2.24. The number of fused-ring (bicyclic) bond motifs is 1. The summed E-state index contributed by atoms with van der Waals surface area (Å²) in [5.74, 6) is 0. The lowest BCUT2D eigenvalue weighted by Crippen LogP contribution is -2.27. The van der Waals surface area contributed by atoms with Gasteiger partial charge in [-0.2, -0.15) is 5.10 Å². The number of rotatable bonds is 1. The van der Waals surface area contributed by atoms with Crippen LogP contribution in [-0.2, 0) is 23.3 Å². The number of ether oxygens (including phenoxy) is 1. The molecule has 1 aromatic rings. The third-order valence-electron chi connectivity index (χ3n) is 2.60. The molecule has 0 fully saturated rings. The standard InChI is InChI=1S/C11H16N2O2/c1-11(2,3)13-10-7-15-5-4-8(10)9(6-14)12-13/h6H,4-5,7H2,1-3H3. The highest BCUT2D eigenvalue weighted by Gasteiger charge is 2.26. The Morgan fingerprint density at radius 1 is 1.47 bits per heavy atom. The average molecular weight is 208 g/mol. The largest absolute Gasteiger partial charge is 0.375 e. The Labute approximate surface area is 89.2 Å². The van der Waals surface area contributed by atoms with E-state index >= 15 is 0 Å². The molecule has 0 atom stereocenters. The smallest absolute Gasteiger partial charge is 0.170 e. The average Bonchev–Trinajstić information content (AvgIpc) is 2.55. The van der Waals surface area contributed by atoms with Gasteiger partial charge in [0.2, 0.25) is 0 Å². The highest BCUT2D eigenvalue weighted by molar-refractivity contribution is 5.74. The third-order valence-corrected chi connectivity index (χ3v) is 2.60. The first-order chi connectivity index (χ1) is 7.04. The van der Waals surface area contributed by atoms with E-state index in [-0.39, 0.29) is 5.54 Å². The summed E-state index contributed by atoms with van der Waals surface area (Å²) in [5.41, 5.74) is 2.58. The Hall–Kier alpha value is -1.16. The van der Waals surface area contributed by atoms with Gasteiger partial charge in [0.05, 0.1) is 24.4 Å². The first-order valence-electron chi connectivity index (χ1n) is 5.18. The van der Waals surface area contributed by atoms with Crippen LogP contribution in [0.5, 0.6) is 0 Å². The van der Waals surface area contributed by atoms with Crippen molar-refractivity contribution < 1.29 is 9.53 Å². The molecule has 0 saturated heterocycles. The molecule has 0 bridgehead atoms. The Morgan fingerprint density at radius 3 is 2.80 bits per heavy atom. The molecule has 4 nitrogen and oxygen atoms in total. The van der Waals surface area contributed by atoms with Gasteiger partial charge in [-0.05, 0) is 27.2 Å². The van der Waals surface area contributed by atoms with Gasteiger partial charge < -0.3 is 4.74 Å². The van der Waals surface area contributed by atoms with E-state index in [9.17, 15) is 4.79 Å². The van der Waals surface area contributed by atoms with E-state index in [4.69, 9.17) is 4.74 Å². The van der Waals surface area contributed by atoms with Gasteiger partial charge >= 0.3 is 0 Å². The van der Waals surface area contributed by atoms with Gasteiger partial charge in [-0.15, -0.1) is 0 Å². The van der Waals surface area contributed by atoms with E-state index in [0.29, 0.717) is 18.9 Å². The maximum Gasteiger partial charge on any atom is 0.170 e. The van der Waals surface area contributed by atoms with E-state index in [2.05, 4.69) is 25.9 Å². The highest BCUT2D eigenvalue weighted by atomic mass is 16.5. The molecule has 82 valence electrons. The monoisotopic (exact) mass is 208 g/mol. The second-order valence-electron chi connectivity index (χ2n) is 4.81. The molecular formula is C11H16N2O2. The van der Waals surface area contributed by atoms with Gasteiger partial charge in [0, 0.05) is 5.56 Å². The highest BCUT2D eigenvalue weighted by Crippen LogP contribution is 2.25. The lowest BCUT2D eigenvalue weighted by molar-refractivity contribution is 0.0997. The molecule has 0 N–H and O–H groups in total. The first-order valence-corrected chi connectivity index (χ1v) is 5.18. The normalized spacial score (nSPS) is 16.2. The third kappa shape index (κ3) is 1.69. The second kappa shape index (κ2) is 3.45. The Balaban J connectivity index is 2.57. The minimum absolute atomic E-state index is 0.105. The summed E-state index contributed by atoms with van der Waals surface area (Å²) in [6.45, 7) is 7.47. The first kappa shape index (κ1) is 10.4. The van der Waals surface area contributed by atoms with Gasteiger partial charge in [0.15, 0.2) is 6.29 Å². The van der Waals surface area contributed by atoms with E-state index in [1.54, 1.807) is 0 Å². The predicted molar refractivity (Wildman–Crippen MR) is 56.0 cm³/mol. The van der Waals surface area contributed by atoms with Crippen LogP contribution in [0.4, 0.5) is 0 Å². The number of hydrogen-bond acceptors (Lipinski definition) is 3. The van der Waals surface area contributed by atoms with Gasteiger partial charge in [0.1, 0.15) is 5.69 Å². The summed E-state index contributed by atoms with van der Waals surface area (Å²) in [6, 6.07) is 0. The molecule has 1 aromatic heterocycles. The molecule has 1 aliphatic rings. The second-order valence-corrected chi connectivity index (χ2v) is 4.81. The number of nitrogens with zero attached hydrogens (tertiary/aromatic N) is 2. The molecule has 0 aliphatic carbocycles. The molecule has 15 heavy (non-hydrogen) atoms. The van der Waals surface area contributed by atoms with Crippen molar-refractivity contribution in [2.75, 3.05) is 6.61 Å². The van der Waals surface area contributed by atoms with Crippen molar-refractivity contribution in [1.29, 1.82) is 0 Å². The van der Waals surface area contributed by atoms with Crippen LogP contribution in [0, 0.1) is 0 Å². The minimum Gasteiger partial charge on any atom is -0.375 e.